The third kappa shape index (κ3) is 5.88. The molecule has 1 aromatic heterocycles. The van der Waals surface area contributed by atoms with E-state index in [0.29, 0.717) is 37.9 Å². The number of aryl methyl sites for hydroxylation is 2. The zero-order valence-electron chi connectivity index (χ0n) is 19.7. The molecule has 0 spiro atoms. The number of carbonyl (C=O) groups excluding carboxylic acids is 2. The molecule has 2 heterocycles. The Hall–Kier alpha value is -2.87. The van der Waals surface area contributed by atoms with Gasteiger partial charge >= 0.3 is 0 Å². The van der Waals surface area contributed by atoms with Crippen molar-refractivity contribution in [1.82, 2.24) is 19.6 Å². The van der Waals surface area contributed by atoms with Crippen molar-refractivity contribution < 1.29 is 19.1 Å². The zero-order valence-corrected chi connectivity index (χ0v) is 19.7. The summed E-state index contributed by atoms with van der Waals surface area (Å²) < 4.78 is 13.1. The molecule has 0 saturated carbocycles. The van der Waals surface area contributed by atoms with E-state index in [1.807, 2.05) is 36.1 Å². The van der Waals surface area contributed by atoms with Gasteiger partial charge in [-0.15, -0.1) is 0 Å². The van der Waals surface area contributed by atoms with Gasteiger partial charge in [-0.2, -0.15) is 5.10 Å². The van der Waals surface area contributed by atoms with Crippen LogP contribution in [0.3, 0.4) is 0 Å². The molecule has 8 heteroatoms. The highest BCUT2D eigenvalue weighted by atomic mass is 16.5. The number of hydrogen-bond acceptors (Lipinski definition) is 5. The largest absolute Gasteiger partial charge is 0.497 e. The molecule has 1 aromatic carbocycles. The van der Waals surface area contributed by atoms with E-state index in [-0.39, 0.29) is 24.5 Å². The van der Waals surface area contributed by atoms with Crippen LogP contribution in [0.25, 0.3) is 0 Å². The van der Waals surface area contributed by atoms with Gasteiger partial charge in [0.15, 0.2) is 0 Å². The summed E-state index contributed by atoms with van der Waals surface area (Å²) in [6, 6.07) is 9.51. The van der Waals surface area contributed by atoms with E-state index < -0.39 is 0 Å². The number of methoxy groups -OCH3 is 1. The molecule has 174 valence electrons. The van der Waals surface area contributed by atoms with E-state index in [2.05, 4.69) is 18.9 Å². The lowest BCUT2D eigenvalue weighted by Crippen LogP contribution is -2.41. The van der Waals surface area contributed by atoms with Crippen molar-refractivity contribution in [3.63, 3.8) is 0 Å². The Balaban J connectivity index is 1.79. The summed E-state index contributed by atoms with van der Waals surface area (Å²) in [5, 5.41) is 4.38. The van der Waals surface area contributed by atoms with Crippen molar-refractivity contribution in [2.45, 2.75) is 39.9 Å². The monoisotopic (exact) mass is 442 g/mol. The fourth-order valence-electron chi connectivity index (χ4n) is 3.89. The molecule has 0 aliphatic carbocycles. The molecule has 1 aliphatic heterocycles. The van der Waals surface area contributed by atoms with Gasteiger partial charge in [-0.05, 0) is 36.1 Å². The molecule has 1 aliphatic rings. The van der Waals surface area contributed by atoms with Gasteiger partial charge in [0.2, 0.25) is 5.91 Å². The summed E-state index contributed by atoms with van der Waals surface area (Å²) in [7, 11) is 3.39. The molecule has 3 rings (SSSR count). The van der Waals surface area contributed by atoms with Crippen LogP contribution in [0.5, 0.6) is 5.75 Å². The summed E-state index contributed by atoms with van der Waals surface area (Å²) in [5.74, 6) is 0.833. The lowest BCUT2D eigenvalue weighted by Gasteiger charge is -2.26. The molecule has 0 N–H and O–H groups in total. The summed E-state index contributed by atoms with van der Waals surface area (Å²) >= 11 is 0. The fraction of sp³-hybridized carbons (Fsp3) is 0.542. The summed E-state index contributed by atoms with van der Waals surface area (Å²) in [6.45, 7) is 8.00. The Morgan fingerprint density at radius 3 is 2.69 bits per heavy atom. The van der Waals surface area contributed by atoms with Crippen molar-refractivity contribution in [1.29, 1.82) is 0 Å². The molecule has 0 bridgehead atoms. The van der Waals surface area contributed by atoms with E-state index in [9.17, 15) is 9.59 Å². The van der Waals surface area contributed by atoms with E-state index in [1.54, 1.807) is 29.8 Å². The van der Waals surface area contributed by atoms with Gasteiger partial charge in [0.05, 0.1) is 25.5 Å². The van der Waals surface area contributed by atoms with Crippen LogP contribution in [-0.4, -0.2) is 70.8 Å². The third-order valence-electron chi connectivity index (χ3n) is 5.53. The number of hydrogen-bond donors (Lipinski definition) is 0. The smallest absolute Gasteiger partial charge is 0.272 e. The Kier molecular flexibility index (Phi) is 7.90. The molecule has 1 atom stereocenters. The van der Waals surface area contributed by atoms with Crippen molar-refractivity contribution in [2.75, 3.05) is 33.3 Å². The van der Waals surface area contributed by atoms with Crippen LogP contribution in [-0.2, 0) is 29.6 Å². The maximum atomic E-state index is 13.3. The normalized spacial score (nSPS) is 17.1. The minimum absolute atomic E-state index is 0.0389. The van der Waals surface area contributed by atoms with Gasteiger partial charge in [-0.1, -0.05) is 32.9 Å². The molecule has 1 unspecified atom stereocenters. The van der Waals surface area contributed by atoms with E-state index in [0.717, 1.165) is 23.4 Å². The lowest BCUT2D eigenvalue weighted by atomic mass is 10.2. The quantitative estimate of drug-likeness (QED) is 0.628. The number of nitrogens with zero attached hydrogens (tertiary/aromatic N) is 4. The molecule has 2 aromatic rings. The Labute approximate surface area is 190 Å². The van der Waals surface area contributed by atoms with Gasteiger partial charge in [0.1, 0.15) is 18.0 Å². The molecule has 2 amide bonds. The second-order valence-corrected chi connectivity index (χ2v) is 8.66. The minimum Gasteiger partial charge on any atom is -0.497 e. The zero-order chi connectivity index (χ0) is 23.3. The third-order valence-corrected chi connectivity index (χ3v) is 5.53. The van der Waals surface area contributed by atoms with Gasteiger partial charge < -0.3 is 19.3 Å². The Morgan fingerprint density at radius 1 is 1.25 bits per heavy atom. The highest BCUT2D eigenvalue weighted by molar-refractivity contribution is 5.95. The van der Waals surface area contributed by atoms with Crippen LogP contribution >= 0.6 is 0 Å². The van der Waals surface area contributed by atoms with Crippen LogP contribution in [0.4, 0.5) is 0 Å². The first-order chi connectivity index (χ1) is 15.3. The molecule has 1 fully saturated rings. The highest BCUT2D eigenvalue weighted by Crippen LogP contribution is 2.18. The Morgan fingerprint density at radius 2 is 2.03 bits per heavy atom. The number of benzene rings is 1. The average molecular weight is 443 g/mol. The average Bonchev–Trinajstić information content (AvgIpc) is 3.08. The summed E-state index contributed by atoms with van der Waals surface area (Å²) in [5.41, 5.74) is 2.31. The first-order valence-corrected chi connectivity index (χ1v) is 11.1. The van der Waals surface area contributed by atoms with Gasteiger partial charge in [-0.3, -0.25) is 14.3 Å². The standard InChI is InChI=1S/C24H34N4O4/c1-6-19-11-22(26(4)25-19)24(30)28-14-21(13-27(12-17(2)3)23(29)15-28)32-16-18-8-7-9-20(10-18)31-5/h7-11,17,21H,6,12-16H2,1-5H3. The second-order valence-electron chi connectivity index (χ2n) is 8.66. The molecule has 8 nitrogen and oxygen atoms in total. The molecule has 32 heavy (non-hydrogen) atoms. The van der Waals surface area contributed by atoms with Gasteiger partial charge in [0.25, 0.3) is 5.91 Å². The fourth-order valence-corrected chi connectivity index (χ4v) is 3.89. The molecular formula is C24H34N4O4. The first-order valence-electron chi connectivity index (χ1n) is 11.1. The van der Waals surface area contributed by atoms with Crippen LogP contribution < -0.4 is 4.74 Å². The predicted molar refractivity (Wildman–Crippen MR) is 121 cm³/mol. The van der Waals surface area contributed by atoms with Crippen LogP contribution in [0, 0.1) is 5.92 Å². The lowest BCUT2D eigenvalue weighted by molar-refractivity contribution is -0.132. The van der Waals surface area contributed by atoms with Crippen LogP contribution in [0.1, 0.15) is 42.5 Å². The number of ether oxygens (including phenoxy) is 2. The van der Waals surface area contributed by atoms with Gasteiger partial charge in [-0.25, -0.2) is 0 Å². The van der Waals surface area contributed by atoms with E-state index >= 15 is 0 Å². The van der Waals surface area contributed by atoms with Crippen LogP contribution in [0.15, 0.2) is 30.3 Å². The van der Waals surface area contributed by atoms with E-state index in [1.165, 1.54) is 0 Å². The summed E-state index contributed by atoms with van der Waals surface area (Å²) in [4.78, 5) is 29.7. The molecular weight excluding hydrogens is 408 g/mol. The Bertz CT molecular complexity index is 940. The number of aromatic nitrogens is 2. The van der Waals surface area contributed by atoms with Crippen molar-refractivity contribution >= 4 is 11.8 Å². The van der Waals surface area contributed by atoms with Crippen molar-refractivity contribution in [2.24, 2.45) is 13.0 Å². The minimum atomic E-state index is -0.297. The van der Waals surface area contributed by atoms with Crippen molar-refractivity contribution in [3.8, 4) is 5.75 Å². The first kappa shape index (κ1) is 23.8. The predicted octanol–water partition coefficient (Wildman–Crippen LogP) is 2.52. The maximum Gasteiger partial charge on any atom is 0.272 e. The van der Waals surface area contributed by atoms with Crippen LogP contribution in [0.2, 0.25) is 0 Å². The number of carbonyl (C=O) groups is 2. The topological polar surface area (TPSA) is 76.9 Å². The van der Waals surface area contributed by atoms with Crippen molar-refractivity contribution in [3.05, 3.63) is 47.3 Å². The second kappa shape index (κ2) is 10.6. The SMILES string of the molecule is CCc1cc(C(=O)N2CC(=O)N(CC(C)C)CC(OCc3cccc(OC)c3)C2)n(C)n1. The summed E-state index contributed by atoms with van der Waals surface area (Å²) in [6.07, 6.45) is 0.448. The highest BCUT2D eigenvalue weighted by Gasteiger charge is 2.32. The van der Waals surface area contributed by atoms with Gasteiger partial charge in [0, 0.05) is 26.7 Å². The molecule has 0 radical (unpaired) electrons. The van der Waals surface area contributed by atoms with E-state index in [4.69, 9.17) is 9.47 Å². The maximum absolute atomic E-state index is 13.3. The number of rotatable bonds is 8. The number of amides is 2. The molecule has 1 saturated heterocycles.